The molecule has 7 heteroatoms. The van der Waals surface area contributed by atoms with Crippen molar-refractivity contribution in [2.75, 3.05) is 19.8 Å². The van der Waals surface area contributed by atoms with Crippen molar-refractivity contribution in [2.45, 2.75) is 20.3 Å². The number of nitrogens with zero attached hydrogens (tertiary/aromatic N) is 1. The third-order valence-electron chi connectivity index (χ3n) is 3.27. The summed E-state index contributed by atoms with van der Waals surface area (Å²) >= 11 is 10.1. The van der Waals surface area contributed by atoms with E-state index in [1.807, 2.05) is 32.1 Å². The minimum Gasteiger partial charge on any atom is -0.490 e. The molecule has 134 valence electrons. The second-order valence-electron chi connectivity index (χ2n) is 5.19. The minimum atomic E-state index is -0.102. The van der Waals surface area contributed by atoms with Gasteiger partial charge in [-0.1, -0.05) is 37.0 Å². The number of rotatable bonds is 8. The zero-order valence-corrected chi connectivity index (χ0v) is 17.4. The first-order valence-electron chi connectivity index (χ1n) is 7.97. The van der Waals surface area contributed by atoms with Crippen LogP contribution in [0, 0.1) is 0 Å². The van der Waals surface area contributed by atoms with E-state index >= 15 is 0 Å². The van der Waals surface area contributed by atoms with Gasteiger partial charge in [-0.05, 0) is 53.0 Å². The summed E-state index contributed by atoms with van der Waals surface area (Å²) in [5.41, 5.74) is 0.846. The van der Waals surface area contributed by atoms with Crippen molar-refractivity contribution in [1.82, 2.24) is 4.90 Å². The van der Waals surface area contributed by atoms with Gasteiger partial charge in [-0.3, -0.25) is 9.69 Å². The highest BCUT2D eigenvalue weighted by molar-refractivity contribution is 9.10. The quantitative estimate of drug-likeness (QED) is 0.321. The Kier molecular flexibility index (Phi) is 7.53. The van der Waals surface area contributed by atoms with Crippen LogP contribution < -0.4 is 9.47 Å². The SMILES string of the molecule is C=CCN1C(=O)/C(=C\c2cc(Br)c(OCCC)c(OCC)c2)SC1=S. The summed E-state index contributed by atoms with van der Waals surface area (Å²) in [6, 6.07) is 3.78. The Hall–Kier alpha value is -1.31. The van der Waals surface area contributed by atoms with Crippen LogP contribution in [0.25, 0.3) is 6.08 Å². The summed E-state index contributed by atoms with van der Waals surface area (Å²) in [6.07, 6.45) is 4.39. The summed E-state index contributed by atoms with van der Waals surface area (Å²) in [7, 11) is 0. The van der Waals surface area contributed by atoms with Gasteiger partial charge in [0.15, 0.2) is 11.5 Å². The lowest BCUT2D eigenvalue weighted by atomic mass is 10.2. The molecule has 25 heavy (non-hydrogen) atoms. The molecular formula is C18H20BrNO3S2. The predicted molar refractivity (Wildman–Crippen MR) is 111 cm³/mol. The molecule has 0 N–H and O–H groups in total. The predicted octanol–water partition coefficient (Wildman–Crippen LogP) is 5.02. The second-order valence-corrected chi connectivity index (χ2v) is 7.72. The Balaban J connectivity index is 2.35. The van der Waals surface area contributed by atoms with Crippen LogP contribution in [0.1, 0.15) is 25.8 Å². The number of ether oxygens (including phenoxy) is 2. The topological polar surface area (TPSA) is 38.8 Å². The Morgan fingerprint density at radius 2 is 2.12 bits per heavy atom. The smallest absolute Gasteiger partial charge is 0.266 e. The van der Waals surface area contributed by atoms with E-state index in [0.717, 1.165) is 16.5 Å². The summed E-state index contributed by atoms with van der Waals surface area (Å²) in [5.74, 6) is 1.23. The molecule has 4 nitrogen and oxygen atoms in total. The van der Waals surface area contributed by atoms with E-state index in [2.05, 4.69) is 22.5 Å². The Morgan fingerprint density at radius 3 is 2.76 bits per heavy atom. The fourth-order valence-electron chi connectivity index (χ4n) is 2.22. The van der Waals surface area contributed by atoms with Crippen LogP contribution in [0.2, 0.25) is 0 Å². The Bertz CT molecular complexity index is 719. The second kappa shape index (κ2) is 9.40. The van der Waals surface area contributed by atoms with Gasteiger partial charge in [0.2, 0.25) is 0 Å². The van der Waals surface area contributed by atoms with Crippen LogP contribution in [-0.4, -0.2) is 34.9 Å². The van der Waals surface area contributed by atoms with E-state index in [4.69, 9.17) is 21.7 Å². The van der Waals surface area contributed by atoms with E-state index in [0.29, 0.717) is 40.5 Å². The van der Waals surface area contributed by atoms with Gasteiger partial charge < -0.3 is 9.47 Å². The van der Waals surface area contributed by atoms with Crippen LogP contribution >= 0.6 is 39.9 Å². The van der Waals surface area contributed by atoms with Crippen molar-refractivity contribution in [1.29, 1.82) is 0 Å². The minimum absolute atomic E-state index is 0.102. The molecule has 0 bridgehead atoms. The molecule has 1 saturated heterocycles. The first-order chi connectivity index (χ1) is 12.0. The molecule has 0 spiro atoms. The number of hydrogen-bond acceptors (Lipinski definition) is 5. The molecule has 1 amide bonds. The van der Waals surface area contributed by atoms with Crippen LogP contribution in [-0.2, 0) is 4.79 Å². The maximum Gasteiger partial charge on any atom is 0.266 e. The molecule has 1 aliphatic heterocycles. The zero-order valence-electron chi connectivity index (χ0n) is 14.2. The summed E-state index contributed by atoms with van der Waals surface area (Å²) in [5, 5.41) is 0. The zero-order chi connectivity index (χ0) is 18.4. The molecule has 0 aliphatic carbocycles. The average Bonchev–Trinajstić information content (AvgIpc) is 2.82. The van der Waals surface area contributed by atoms with Crippen LogP contribution in [0.15, 0.2) is 34.2 Å². The van der Waals surface area contributed by atoms with E-state index in [1.54, 1.807) is 6.08 Å². The fourth-order valence-corrected chi connectivity index (χ4v) is 4.07. The number of amides is 1. The van der Waals surface area contributed by atoms with Gasteiger partial charge in [-0.25, -0.2) is 0 Å². The third-order valence-corrected chi connectivity index (χ3v) is 5.23. The van der Waals surface area contributed by atoms with Gasteiger partial charge in [0, 0.05) is 6.54 Å². The van der Waals surface area contributed by atoms with E-state index in [1.165, 1.54) is 16.7 Å². The van der Waals surface area contributed by atoms with Crippen molar-refractivity contribution >= 4 is 56.2 Å². The molecular weight excluding hydrogens is 422 g/mol. The lowest BCUT2D eigenvalue weighted by molar-refractivity contribution is -0.121. The highest BCUT2D eigenvalue weighted by atomic mass is 79.9. The Labute approximate surface area is 166 Å². The van der Waals surface area contributed by atoms with Crippen molar-refractivity contribution < 1.29 is 14.3 Å². The van der Waals surface area contributed by atoms with Gasteiger partial charge in [0.1, 0.15) is 4.32 Å². The van der Waals surface area contributed by atoms with Gasteiger partial charge in [0.05, 0.1) is 22.6 Å². The number of carbonyl (C=O) groups is 1. The molecule has 0 aromatic heterocycles. The van der Waals surface area contributed by atoms with Crippen LogP contribution in [0.3, 0.4) is 0 Å². The van der Waals surface area contributed by atoms with E-state index in [9.17, 15) is 4.79 Å². The van der Waals surface area contributed by atoms with Crippen LogP contribution in [0.5, 0.6) is 11.5 Å². The largest absolute Gasteiger partial charge is 0.490 e. The summed E-state index contributed by atoms with van der Waals surface area (Å²) in [6.45, 7) is 9.19. The van der Waals surface area contributed by atoms with Crippen molar-refractivity contribution in [3.8, 4) is 11.5 Å². The van der Waals surface area contributed by atoms with Gasteiger partial charge in [0.25, 0.3) is 5.91 Å². The monoisotopic (exact) mass is 441 g/mol. The van der Waals surface area contributed by atoms with Crippen molar-refractivity contribution in [2.24, 2.45) is 0 Å². The first kappa shape index (κ1) is 20.0. The van der Waals surface area contributed by atoms with Gasteiger partial charge in [-0.2, -0.15) is 0 Å². The maximum atomic E-state index is 12.4. The molecule has 1 aliphatic rings. The lowest BCUT2D eigenvalue weighted by Gasteiger charge is -2.14. The standard InChI is InChI=1S/C18H20BrNO3S2/c1-4-7-20-17(21)15(25-18(20)24)11-12-9-13(19)16(23-8-5-2)14(10-12)22-6-3/h4,9-11H,1,5-8H2,2-3H3/b15-11+. The molecule has 1 aromatic rings. The van der Waals surface area contributed by atoms with Crippen molar-refractivity contribution in [3.63, 3.8) is 0 Å². The van der Waals surface area contributed by atoms with Crippen molar-refractivity contribution in [3.05, 3.63) is 39.7 Å². The van der Waals surface area contributed by atoms with E-state index in [-0.39, 0.29) is 5.91 Å². The normalized spacial score (nSPS) is 15.8. The number of carbonyl (C=O) groups excluding carboxylic acids is 1. The molecule has 1 fully saturated rings. The Morgan fingerprint density at radius 1 is 1.36 bits per heavy atom. The number of hydrogen-bond donors (Lipinski definition) is 0. The van der Waals surface area contributed by atoms with Crippen LogP contribution in [0.4, 0.5) is 0 Å². The molecule has 0 unspecified atom stereocenters. The molecule has 1 aromatic carbocycles. The maximum absolute atomic E-state index is 12.4. The fraction of sp³-hybridized carbons (Fsp3) is 0.333. The highest BCUT2D eigenvalue weighted by Crippen LogP contribution is 2.39. The number of benzene rings is 1. The van der Waals surface area contributed by atoms with E-state index < -0.39 is 0 Å². The molecule has 0 saturated carbocycles. The van der Waals surface area contributed by atoms with Gasteiger partial charge in [-0.15, -0.1) is 6.58 Å². The summed E-state index contributed by atoms with van der Waals surface area (Å²) in [4.78, 5) is 14.6. The molecule has 0 radical (unpaired) electrons. The number of thiocarbonyl (C=S) groups is 1. The third kappa shape index (κ3) is 4.86. The number of halogens is 1. The van der Waals surface area contributed by atoms with Gasteiger partial charge >= 0.3 is 0 Å². The first-order valence-corrected chi connectivity index (χ1v) is 9.99. The highest BCUT2D eigenvalue weighted by Gasteiger charge is 2.31. The molecule has 2 rings (SSSR count). The lowest BCUT2D eigenvalue weighted by Crippen LogP contribution is -2.27. The molecule has 1 heterocycles. The molecule has 0 atom stereocenters. The summed E-state index contributed by atoms with van der Waals surface area (Å²) < 4.78 is 12.8. The number of thioether (sulfide) groups is 1. The average molecular weight is 442 g/mol.